The van der Waals surface area contributed by atoms with Crippen molar-refractivity contribution in [2.24, 2.45) is 5.92 Å². The quantitative estimate of drug-likeness (QED) is 0.753. The van der Waals surface area contributed by atoms with Crippen LogP contribution in [0.5, 0.6) is 0 Å². The van der Waals surface area contributed by atoms with Gasteiger partial charge in [0.05, 0.1) is 10.8 Å². The van der Waals surface area contributed by atoms with Crippen LogP contribution in [0.4, 0.5) is 0 Å². The molecule has 1 heterocycles. The molecule has 0 bridgehead atoms. The zero-order valence-corrected chi connectivity index (χ0v) is 14.2. The van der Waals surface area contributed by atoms with Gasteiger partial charge in [-0.25, -0.2) is 8.42 Å². The Kier molecular flexibility index (Phi) is 6.15. The molecule has 0 saturated carbocycles. The fourth-order valence-electron chi connectivity index (χ4n) is 2.67. The number of aliphatic hydroxyl groups is 1. The second kappa shape index (κ2) is 7.90. The molecule has 1 atom stereocenters. The lowest BCUT2D eigenvalue weighted by Crippen LogP contribution is -2.45. The predicted octanol–water partition coefficient (Wildman–Crippen LogP) is 0.894. The molecule has 0 aromatic heterocycles. The van der Waals surface area contributed by atoms with Gasteiger partial charge in [0, 0.05) is 26.2 Å². The zero-order chi connectivity index (χ0) is 16.9. The summed E-state index contributed by atoms with van der Waals surface area (Å²) in [6.07, 6.45) is 1.86. The molecule has 1 aromatic carbocycles. The summed E-state index contributed by atoms with van der Waals surface area (Å²) in [6.45, 7) is 3.00. The lowest BCUT2D eigenvalue weighted by Gasteiger charge is -2.31. The van der Waals surface area contributed by atoms with Gasteiger partial charge in [0.1, 0.15) is 0 Å². The maximum atomic E-state index is 12.7. The largest absolute Gasteiger partial charge is 0.396 e. The van der Waals surface area contributed by atoms with Crippen LogP contribution in [0.3, 0.4) is 0 Å². The van der Waals surface area contributed by atoms with Crippen molar-refractivity contribution in [1.29, 1.82) is 0 Å². The van der Waals surface area contributed by atoms with Crippen molar-refractivity contribution in [3.63, 3.8) is 0 Å². The summed E-state index contributed by atoms with van der Waals surface area (Å²) in [6, 6.07) is 6.76. The van der Waals surface area contributed by atoms with E-state index in [0.29, 0.717) is 32.4 Å². The number of nitrogens with one attached hydrogen (secondary N) is 1. The maximum absolute atomic E-state index is 12.7. The Balaban J connectivity index is 2.05. The molecular weight excluding hydrogens is 316 g/mol. The first-order chi connectivity index (χ1) is 10.9. The summed E-state index contributed by atoms with van der Waals surface area (Å²) in [4.78, 5) is 12.4. The molecule has 0 aliphatic carbocycles. The van der Waals surface area contributed by atoms with E-state index in [-0.39, 0.29) is 29.9 Å². The summed E-state index contributed by atoms with van der Waals surface area (Å²) < 4.78 is 26.8. The van der Waals surface area contributed by atoms with E-state index >= 15 is 0 Å². The highest BCUT2D eigenvalue weighted by Gasteiger charge is 2.33. The molecule has 0 unspecified atom stereocenters. The summed E-state index contributed by atoms with van der Waals surface area (Å²) >= 11 is 0. The highest BCUT2D eigenvalue weighted by molar-refractivity contribution is 7.89. The normalized spacial score (nSPS) is 19.5. The Hall–Kier alpha value is -1.44. The second-order valence-electron chi connectivity index (χ2n) is 5.88. The number of aryl methyl sites for hydroxylation is 1. The number of piperidine rings is 1. The topological polar surface area (TPSA) is 86.7 Å². The molecule has 1 amide bonds. The van der Waals surface area contributed by atoms with E-state index < -0.39 is 10.0 Å². The Morgan fingerprint density at radius 2 is 2.04 bits per heavy atom. The molecule has 7 heteroatoms. The Bertz CT molecular complexity index is 628. The monoisotopic (exact) mass is 340 g/mol. The van der Waals surface area contributed by atoms with Crippen molar-refractivity contribution in [3.8, 4) is 0 Å². The van der Waals surface area contributed by atoms with Gasteiger partial charge in [-0.15, -0.1) is 0 Å². The maximum Gasteiger partial charge on any atom is 0.243 e. The molecular formula is C16H24N2O4S. The van der Waals surface area contributed by atoms with E-state index in [0.717, 1.165) is 5.56 Å². The van der Waals surface area contributed by atoms with E-state index in [9.17, 15) is 13.2 Å². The van der Waals surface area contributed by atoms with Gasteiger partial charge in [-0.3, -0.25) is 4.79 Å². The second-order valence-corrected chi connectivity index (χ2v) is 7.82. The third-order valence-corrected chi connectivity index (χ3v) is 5.93. The van der Waals surface area contributed by atoms with Crippen LogP contribution < -0.4 is 5.32 Å². The van der Waals surface area contributed by atoms with Gasteiger partial charge in [0.2, 0.25) is 15.9 Å². The highest BCUT2D eigenvalue weighted by Crippen LogP contribution is 2.24. The van der Waals surface area contributed by atoms with E-state index in [1.165, 1.54) is 4.31 Å². The van der Waals surface area contributed by atoms with Crippen LogP contribution in [0.25, 0.3) is 0 Å². The number of rotatable bonds is 6. The Labute approximate surface area is 137 Å². The van der Waals surface area contributed by atoms with E-state index in [4.69, 9.17) is 5.11 Å². The van der Waals surface area contributed by atoms with Crippen LogP contribution in [-0.4, -0.2) is 50.0 Å². The van der Waals surface area contributed by atoms with E-state index in [2.05, 4.69) is 5.32 Å². The van der Waals surface area contributed by atoms with Gasteiger partial charge in [0.15, 0.2) is 0 Å². The molecule has 1 saturated heterocycles. The molecule has 1 fully saturated rings. The Morgan fingerprint density at radius 3 is 2.70 bits per heavy atom. The van der Waals surface area contributed by atoms with Gasteiger partial charge in [-0.1, -0.05) is 17.7 Å². The van der Waals surface area contributed by atoms with Gasteiger partial charge >= 0.3 is 0 Å². The first-order valence-electron chi connectivity index (χ1n) is 7.90. The van der Waals surface area contributed by atoms with Crippen LogP contribution in [0, 0.1) is 12.8 Å². The minimum atomic E-state index is -3.56. The van der Waals surface area contributed by atoms with Gasteiger partial charge in [0.25, 0.3) is 0 Å². The third-order valence-electron chi connectivity index (χ3n) is 4.05. The molecule has 1 aliphatic rings. The first kappa shape index (κ1) is 17.9. The van der Waals surface area contributed by atoms with Crippen molar-refractivity contribution >= 4 is 15.9 Å². The fraction of sp³-hybridized carbons (Fsp3) is 0.562. The van der Waals surface area contributed by atoms with E-state index in [1.54, 1.807) is 24.3 Å². The third kappa shape index (κ3) is 4.53. The number of sulfonamides is 1. The van der Waals surface area contributed by atoms with Crippen molar-refractivity contribution < 1.29 is 18.3 Å². The molecule has 0 radical (unpaired) electrons. The van der Waals surface area contributed by atoms with Crippen molar-refractivity contribution in [2.45, 2.75) is 31.1 Å². The summed E-state index contributed by atoms with van der Waals surface area (Å²) in [5.41, 5.74) is 1.00. The summed E-state index contributed by atoms with van der Waals surface area (Å²) in [7, 11) is -3.56. The lowest BCUT2D eigenvalue weighted by atomic mass is 9.99. The van der Waals surface area contributed by atoms with E-state index in [1.807, 2.05) is 6.92 Å². The number of nitrogens with zero attached hydrogens (tertiary/aromatic N) is 1. The van der Waals surface area contributed by atoms with Crippen LogP contribution in [0.2, 0.25) is 0 Å². The number of carbonyl (C=O) groups is 1. The number of amides is 1. The number of hydrogen-bond acceptors (Lipinski definition) is 4. The molecule has 6 nitrogen and oxygen atoms in total. The van der Waals surface area contributed by atoms with Crippen LogP contribution in [0.1, 0.15) is 24.8 Å². The average molecular weight is 340 g/mol. The zero-order valence-electron chi connectivity index (χ0n) is 13.4. The van der Waals surface area contributed by atoms with Gasteiger partial charge in [-0.05, 0) is 38.3 Å². The molecule has 0 spiro atoms. The van der Waals surface area contributed by atoms with Crippen molar-refractivity contribution in [1.82, 2.24) is 9.62 Å². The van der Waals surface area contributed by atoms with Crippen LogP contribution in [0.15, 0.2) is 29.2 Å². The molecule has 23 heavy (non-hydrogen) atoms. The SMILES string of the molecule is Cc1ccc(S(=O)(=O)N2CCC[C@H](C(=O)NCCCO)C2)cc1. The Morgan fingerprint density at radius 1 is 1.35 bits per heavy atom. The molecule has 2 rings (SSSR count). The molecule has 1 aromatic rings. The summed E-state index contributed by atoms with van der Waals surface area (Å²) in [5.74, 6) is -0.468. The molecule has 1 aliphatic heterocycles. The van der Waals surface area contributed by atoms with Crippen molar-refractivity contribution in [2.75, 3.05) is 26.2 Å². The number of carbonyl (C=O) groups excluding carboxylic acids is 1. The van der Waals surface area contributed by atoms with Crippen LogP contribution in [-0.2, 0) is 14.8 Å². The molecule has 128 valence electrons. The number of hydrogen-bond donors (Lipinski definition) is 2. The summed E-state index contributed by atoms with van der Waals surface area (Å²) in [5, 5.41) is 11.5. The predicted molar refractivity (Wildman–Crippen MR) is 87.4 cm³/mol. The highest BCUT2D eigenvalue weighted by atomic mass is 32.2. The first-order valence-corrected chi connectivity index (χ1v) is 9.34. The van der Waals surface area contributed by atoms with Gasteiger partial charge in [-0.2, -0.15) is 4.31 Å². The minimum absolute atomic E-state index is 0.0267. The fourth-order valence-corrected chi connectivity index (χ4v) is 4.19. The van der Waals surface area contributed by atoms with Gasteiger partial charge < -0.3 is 10.4 Å². The minimum Gasteiger partial charge on any atom is -0.396 e. The molecule has 2 N–H and O–H groups in total. The smallest absolute Gasteiger partial charge is 0.243 e. The number of aliphatic hydroxyl groups excluding tert-OH is 1. The van der Waals surface area contributed by atoms with Crippen molar-refractivity contribution in [3.05, 3.63) is 29.8 Å². The average Bonchev–Trinajstić information content (AvgIpc) is 2.55. The number of benzene rings is 1. The standard InChI is InChI=1S/C16H24N2O4S/c1-13-5-7-15(8-6-13)23(21,22)18-10-2-4-14(12-18)16(20)17-9-3-11-19/h5-8,14,19H,2-4,9-12H2,1H3,(H,17,20)/t14-/m0/s1. The van der Waals surface area contributed by atoms with Crippen LogP contribution >= 0.6 is 0 Å². The lowest BCUT2D eigenvalue weighted by molar-refractivity contribution is -0.126.